The standard InChI is InChI=1S/C21H23BrFN5O/c1-14-25-26-27-28(14)19(11-15-6-4-9-18(23)10-15)20(29)24-13-21(2,3)16-7-5-8-17(22)12-16/h4-10,12,19H,11,13H2,1-3H3,(H,24,29). The van der Waals surface area contributed by atoms with Crippen molar-refractivity contribution in [1.82, 2.24) is 25.5 Å². The average molecular weight is 460 g/mol. The normalized spacial score (nSPS) is 12.6. The van der Waals surface area contributed by atoms with Crippen LogP contribution in [0.15, 0.2) is 53.0 Å². The molecule has 152 valence electrons. The highest BCUT2D eigenvalue weighted by Crippen LogP contribution is 2.25. The van der Waals surface area contributed by atoms with Crippen molar-refractivity contribution in [2.24, 2.45) is 0 Å². The van der Waals surface area contributed by atoms with Gasteiger partial charge in [0.1, 0.15) is 17.7 Å². The summed E-state index contributed by atoms with van der Waals surface area (Å²) in [5, 5.41) is 14.5. The van der Waals surface area contributed by atoms with Crippen LogP contribution < -0.4 is 5.32 Å². The van der Waals surface area contributed by atoms with Gasteiger partial charge < -0.3 is 5.32 Å². The van der Waals surface area contributed by atoms with Crippen molar-refractivity contribution in [3.05, 3.63) is 75.8 Å². The molecule has 29 heavy (non-hydrogen) atoms. The molecule has 0 spiro atoms. The summed E-state index contributed by atoms with van der Waals surface area (Å²) in [7, 11) is 0. The molecule has 2 aromatic carbocycles. The van der Waals surface area contributed by atoms with E-state index in [1.165, 1.54) is 16.8 Å². The molecule has 1 amide bonds. The third-order valence-corrected chi connectivity index (χ3v) is 5.38. The van der Waals surface area contributed by atoms with E-state index in [1.54, 1.807) is 19.1 Å². The van der Waals surface area contributed by atoms with Gasteiger partial charge in [0.2, 0.25) is 5.91 Å². The smallest absolute Gasteiger partial charge is 0.245 e. The second kappa shape index (κ2) is 8.82. The molecule has 0 saturated carbocycles. The van der Waals surface area contributed by atoms with Crippen LogP contribution in [0.1, 0.15) is 36.8 Å². The molecule has 0 fully saturated rings. The van der Waals surface area contributed by atoms with E-state index in [1.807, 2.05) is 24.3 Å². The highest BCUT2D eigenvalue weighted by atomic mass is 79.9. The van der Waals surface area contributed by atoms with Crippen molar-refractivity contribution in [2.45, 2.75) is 38.6 Å². The number of nitrogens with one attached hydrogen (secondary N) is 1. The molecule has 1 atom stereocenters. The Kier molecular flexibility index (Phi) is 6.42. The number of aromatic nitrogens is 4. The van der Waals surface area contributed by atoms with Crippen molar-refractivity contribution < 1.29 is 9.18 Å². The highest BCUT2D eigenvalue weighted by molar-refractivity contribution is 9.10. The lowest BCUT2D eigenvalue weighted by atomic mass is 9.84. The molecule has 0 saturated heterocycles. The van der Waals surface area contributed by atoms with E-state index in [2.05, 4.69) is 50.6 Å². The van der Waals surface area contributed by atoms with Crippen LogP contribution in [-0.2, 0) is 16.6 Å². The van der Waals surface area contributed by atoms with Gasteiger partial charge in [0.25, 0.3) is 0 Å². The van der Waals surface area contributed by atoms with Gasteiger partial charge in [-0.3, -0.25) is 4.79 Å². The number of hydrogen-bond donors (Lipinski definition) is 1. The topological polar surface area (TPSA) is 72.7 Å². The number of rotatable bonds is 7. The van der Waals surface area contributed by atoms with Crippen LogP contribution in [0.25, 0.3) is 0 Å². The van der Waals surface area contributed by atoms with E-state index < -0.39 is 6.04 Å². The van der Waals surface area contributed by atoms with Gasteiger partial charge in [0.15, 0.2) is 0 Å². The second-order valence-corrected chi connectivity index (χ2v) is 8.55. The van der Waals surface area contributed by atoms with Crippen molar-refractivity contribution in [3.63, 3.8) is 0 Å². The Hall–Kier alpha value is -2.61. The molecular weight excluding hydrogens is 437 g/mol. The number of nitrogens with zero attached hydrogens (tertiary/aromatic N) is 4. The van der Waals surface area contributed by atoms with Gasteiger partial charge in [0, 0.05) is 22.9 Å². The number of hydrogen-bond acceptors (Lipinski definition) is 4. The Morgan fingerprint density at radius 1 is 1.24 bits per heavy atom. The van der Waals surface area contributed by atoms with E-state index in [9.17, 15) is 9.18 Å². The predicted molar refractivity (Wildman–Crippen MR) is 112 cm³/mol. The van der Waals surface area contributed by atoms with E-state index in [4.69, 9.17) is 0 Å². The minimum Gasteiger partial charge on any atom is -0.353 e. The van der Waals surface area contributed by atoms with Crippen molar-refractivity contribution in [1.29, 1.82) is 0 Å². The predicted octanol–water partition coefficient (Wildman–Crippen LogP) is 3.76. The quantitative estimate of drug-likeness (QED) is 0.583. The zero-order chi connectivity index (χ0) is 21.0. The Bertz CT molecular complexity index is 1000. The number of carbonyl (C=O) groups is 1. The number of amides is 1. The summed E-state index contributed by atoms with van der Waals surface area (Å²) in [6, 6.07) is 13.6. The number of tetrazole rings is 1. The monoisotopic (exact) mass is 459 g/mol. The first-order chi connectivity index (χ1) is 13.8. The summed E-state index contributed by atoms with van der Waals surface area (Å²) in [4.78, 5) is 13.1. The lowest BCUT2D eigenvalue weighted by molar-refractivity contribution is -0.124. The summed E-state index contributed by atoms with van der Waals surface area (Å²) in [5.41, 5.74) is 1.53. The molecule has 3 aromatic rings. The van der Waals surface area contributed by atoms with E-state index in [0.29, 0.717) is 17.9 Å². The first kappa shape index (κ1) is 21.1. The van der Waals surface area contributed by atoms with E-state index in [0.717, 1.165) is 10.0 Å². The van der Waals surface area contributed by atoms with E-state index in [-0.39, 0.29) is 23.6 Å². The maximum atomic E-state index is 13.6. The summed E-state index contributed by atoms with van der Waals surface area (Å²) >= 11 is 3.49. The fraction of sp³-hybridized carbons (Fsp3) is 0.333. The van der Waals surface area contributed by atoms with Crippen LogP contribution in [0, 0.1) is 12.7 Å². The molecule has 0 radical (unpaired) electrons. The molecular formula is C21H23BrFN5O. The largest absolute Gasteiger partial charge is 0.353 e. The minimum atomic E-state index is -0.676. The summed E-state index contributed by atoms with van der Waals surface area (Å²) in [6.07, 6.45) is 0.285. The van der Waals surface area contributed by atoms with Crippen LogP contribution >= 0.6 is 15.9 Å². The fourth-order valence-electron chi connectivity index (χ4n) is 3.14. The average Bonchev–Trinajstić information content (AvgIpc) is 3.10. The molecule has 6 nitrogen and oxygen atoms in total. The van der Waals surface area contributed by atoms with E-state index >= 15 is 0 Å². The molecule has 1 aromatic heterocycles. The lowest BCUT2D eigenvalue weighted by Crippen LogP contribution is -2.41. The van der Waals surface area contributed by atoms with Gasteiger partial charge in [-0.15, -0.1) is 5.10 Å². The van der Waals surface area contributed by atoms with Crippen molar-refractivity contribution >= 4 is 21.8 Å². The number of aryl methyl sites for hydroxylation is 1. The SMILES string of the molecule is Cc1nnnn1C(Cc1cccc(F)c1)C(=O)NCC(C)(C)c1cccc(Br)c1. The zero-order valence-electron chi connectivity index (χ0n) is 16.6. The Balaban J connectivity index is 1.79. The van der Waals surface area contributed by atoms with Gasteiger partial charge in [-0.1, -0.05) is 54.0 Å². The first-order valence-electron chi connectivity index (χ1n) is 9.29. The molecule has 0 aliphatic heterocycles. The van der Waals surface area contributed by atoms with Crippen LogP contribution in [-0.4, -0.2) is 32.7 Å². The minimum absolute atomic E-state index is 0.215. The fourth-order valence-corrected chi connectivity index (χ4v) is 3.54. The van der Waals surface area contributed by atoms with Crippen LogP contribution in [0.2, 0.25) is 0 Å². The van der Waals surface area contributed by atoms with Crippen molar-refractivity contribution in [2.75, 3.05) is 6.54 Å². The lowest BCUT2D eigenvalue weighted by Gasteiger charge is -2.27. The van der Waals surface area contributed by atoms with Gasteiger partial charge in [-0.2, -0.15) is 0 Å². The molecule has 1 N–H and O–H groups in total. The van der Waals surface area contributed by atoms with Gasteiger partial charge in [-0.25, -0.2) is 9.07 Å². The van der Waals surface area contributed by atoms with Gasteiger partial charge in [-0.05, 0) is 52.7 Å². The molecule has 0 aliphatic rings. The molecule has 1 heterocycles. The number of benzene rings is 2. The van der Waals surface area contributed by atoms with Gasteiger partial charge >= 0.3 is 0 Å². The second-order valence-electron chi connectivity index (χ2n) is 7.63. The molecule has 0 bridgehead atoms. The summed E-state index contributed by atoms with van der Waals surface area (Å²) in [6.45, 7) is 6.30. The Morgan fingerprint density at radius 3 is 2.66 bits per heavy atom. The number of halogens is 2. The van der Waals surface area contributed by atoms with Crippen molar-refractivity contribution in [3.8, 4) is 0 Å². The molecule has 0 aliphatic carbocycles. The Labute approximate surface area is 177 Å². The molecule has 1 unspecified atom stereocenters. The summed E-state index contributed by atoms with van der Waals surface area (Å²) < 4.78 is 16.1. The maximum Gasteiger partial charge on any atom is 0.245 e. The zero-order valence-corrected chi connectivity index (χ0v) is 18.1. The van der Waals surface area contributed by atoms with Crippen LogP contribution in [0.5, 0.6) is 0 Å². The van der Waals surface area contributed by atoms with Crippen LogP contribution in [0.3, 0.4) is 0 Å². The molecule has 8 heteroatoms. The molecule has 3 rings (SSSR count). The third kappa shape index (κ3) is 5.26. The maximum absolute atomic E-state index is 13.6. The van der Waals surface area contributed by atoms with Crippen LogP contribution in [0.4, 0.5) is 4.39 Å². The highest BCUT2D eigenvalue weighted by Gasteiger charge is 2.27. The summed E-state index contributed by atoms with van der Waals surface area (Å²) in [5.74, 6) is -0.0357. The van der Waals surface area contributed by atoms with Gasteiger partial charge in [0.05, 0.1) is 0 Å². The Morgan fingerprint density at radius 2 is 2.00 bits per heavy atom. The number of carbonyl (C=O) groups excluding carboxylic acids is 1. The first-order valence-corrected chi connectivity index (χ1v) is 10.1. The third-order valence-electron chi connectivity index (χ3n) is 4.88.